The Balaban J connectivity index is 1.35. The van der Waals surface area contributed by atoms with Crippen LogP contribution in [0.2, 0.25) is 0 Å². The highest BCUT2D eigenvalue weighted by molar-refractivity contribution is 7.99. The van der Waals surface area contributed by atoms with Crippen LogP contribution in [0.15, 0.2) is 23.4 Å². The molecule has 0 fully saturated rings. The van der Waals surface area contributed by atoms with Crippen molar-refractivity contribution in [3.05, 3.63) is 51.2 Å². The van der Waals surface area contributed by atoms with Crippen molar-refractivity contribution in [1.82, 2.24) is 14.8 Å². The molecule has 1 aliphatic rings. The minimum absolute atomic E-state index is 0.146. The number of benzene rings is 1. The standard InChI is InChI=1S/C23H26N4O4S2/c1-13-8-9-15(10-14(13)2)31-11-18-25-26-23(27(18)3)32-12-19(28)24-21-20(22(29)30-4)16-6-5-7-17(16)33-21/h8-10H,5-7,11-12H2,1-4H3,(H,24,28). The maximum atomic E-state index is 12.6. The highest BCUT2D eigenvalue weighted by Gasteiger charge is 2.28. The largest absolute Gasteiger partial charge is 0.486 e. The number of thiophene rings is 1. The summed E-state index contributed by atoms with van der Waals surface area (Å²) in [7, 11) is 3.21. The van der Waals surface area contributed by atoms with Gasteiger partial charge in [0, 0.05) is 11.9 Å². The number of ether oxygens (including phenoxy) is 2. The van der Waals surface area contributed by atoms with Gasteiger partial charge in [0.25, 0.3) is 0 Å². The van der Waals surface area contributed by atoms with Crippen molar-refractivity contribution in [1.29, 1.82) is 0 Å². The zero-order valence-electron chi connectivity index (χ0n) is 19.1. The van der Waals surface area contributed by atoms with Gasteiger partial charge in [0.1, 0.15) is 17.4 Å². The number of fused-ring (bicyclic) bond motifs is 1. The monoisotopic (exact) mass is 486 g/mol. The highest BCUT2D eigenvalue weighted by atomic mass is 32.2. The SMILES string of the molecule is COC(=O)c1c(NC(=O)CSc2nnc(COc3ccc(C)c(C)c3)n2C)sc2c1CCC2. The Morgan fingerprint density at radius 1 is 1.21 bits per heavy atom. The number of carbonyl (C=O) groups excluding carboxylic acids is 2. The fourth-order valence-electron chi connectivity index (χ4n) is 3.65. The van der Waals surface area contributed by atoms with E-state index in [9.17, 15) is 9.59 Å². The van der Waals surface area contributed by atoms with Gasteiger partial charge in [-0.25, -0.2) is 4.79 Å². The second-order valence-electron chi connectivity index (χ2n) is 7.88. The molecule has 0 saturated heterocycles. The molecular weight excluding hydrogens is 460 g/mol. The molecule has 0 bridgehead atoms. The lowest BCUT2D eigenvalue weighted by Crippen LogP contribution is -2.16. The van der Waals surface area contributed by atoms with Crippen molar-refractivity contribution >= 4 is 40.0 Å². The summed E-state index contributed by atoms with van der Waals surface area (Å²) in [5, 5.41) is 12.4. The van der Waals surface area contributed by atoms with E-state index in [-0.39, 0.29) is 18.3 Å². The van der Waals surface area contributed by atoms with E-state index in [1.54, 1.807) is 0 Å². The summed E-state index contributed by atoms with van der Waals surface area (Å²) in [4.78, 5) is 26.0. The van der Waals surface area contributed by atoms with E-state index < -0.39 is 5.97 Å². The number of esters is 1. The Bertz CT molecular complexity index is 1200. The quantitative estimate of drug-likeness (QED) is 0.379. The zero-order chi connectivity index (χ0) is 23.5. The van der Waals surface area contributed by atoms with E-state index >= 15 is 0 Å². The van der Waals surface area contributed by atoms with E-state index in [1.807, 2.05) is 36.7 Å². The van der Waals surface area contributed by atoms with Gasteiger partial charge in [-0.1, -0.05) is 17.8 Å². The first-order chi connectivity index (χ1) is 15.9. The Kier molecular flexibility index (Phi) is 7.04. The van der Waals surface area contributed by atoms with Crippen LogP contribution in [0, 0.1) is 13.8 Å². The zero-order valence-corrected chi connectivity index (χ0v) is 20.7. The molecule has 3 aromatic rings. The number of anilines is 1. The normalized spacial score (nSPS) is 12.5. The molecule has 10 heteroatoms. The summed E-state index contributed by atoms with van der Waals surface area (Å²) in [6.45, 7) is 4.38. The average molecular weight is 487 g/mol. The van der Waals surface area contributed by atoms with E-state index in [2.05, 4.69) is 22.4 Å². The molecule has 4 rings (SSSR count). The van der Waals surface area contributed by atoms with E-state index in [0.717, 1.165) is 35.5 Å². The van der Waals surface area contributed by atoms with Crippen LogP contribution in [0.4, 0.5) is 5.00 Å². The third-order valence-electron chi connectivity index (χ3n) is 5.67. The van der Waals surface area contributed by atoms with Crippen LogP contribution in [0.1, 0.15) is 44.2 Å². The second kappa shape index (κ2) is 9.96. The molecule has 1 amide bonds. The second-order valence-corrected chi connectivity index (χ2v) is 9.93. The van der Waals surface area contributed by atoms with Crippen molar-refractivity contribution < 1.29 is 19.1 Å². The smallest absolute Gasteiger partial charge is 0.341 e. The van der Waals surface area contributed by atoms with Crippen molar-refractivity contribution in [2.75, 3.05) is 18.2 Å². The number of amides is 1. The molecule has 2 aromatic heterocycles. The lowest BCUT2D eigenvalue weighted by atomic mass is 10.1. The molecule has 1 N–H and O–H groups in total. The van der Waals surface area contributed by atoms with Gasteiger partial charge in [0.05, 0.1) is 18.4 Å². The van der Waals surface area contributed by atoms with Gasteiger partial charge in [-0.3, -0.25) is 4.79 Å². The molecule has 0 saturated carbocycles. The number of hydrogen-bond acceptors (Lipinski definition) is 8. The fourth-order valence-corrected chi connectivity index (χ4v) is 5.67. The molecule has 0 spiro atoms. The molecule has 1 aromatic carbocycles. The van der Waals surface area contributed by atoms with Gasteiger partial charge in [-0.05, 0) is 61.9 Å². The van der Waals surface area contributed by atoms with Gasteiger partial charge in [-0.15, -0.1) is 21.5 Å². The lowest BCUT2D eigenvalue weighted by Gasteiger charge is -2.09. The number of aryl methyl sites for hydroxylation is 3. The fraction of sp³-hybridized carbons (Fsp3) is 0.391. The van der Waals surface area contributed by atoms with Gasteiger partial charge in [0.2, 0.25) is 5.91 Å². The molecule has 174 valence electrons. The lowest BCUT2D eigenvalue weighted by molar-refractivity contribution is -0.113. The Morgan fingerprint density at radius 2 is 2.03 bits per heavy atom. The summed E-state index contributed by atoms with van der Waals surface area (Å²) >= 11 is 2.75. The van der Waals surface area contributed by atoms with Crippen molar-refractivity contribution in [3.63, 3.8) is 0 Å². The van der Waals surface area contributed by atoms with E-state index in [4.69, 9.17) is 9.47 Å². The Labute approximate surface area is 200 Å². The molecule has 33 heavy (non-hydrogen) atoms. The third kappa shape index (κ3) is 5.06. The molecular formula is C23H26N4O4S2. The number of methoxy groups -OCH3 is 1. The molecule has 0 atom stereocenters. The highest BCUT2D eigenvalue weighted by Crippen LogP contribution is 2.39. The topological polar surface area (TPSA) is 95.3 Å². The van der Waals surface area contributed by atoms with Crippen LogP contribution in [0.25, 0.3) is 0 Å². The molecule has 0 radical (unpaired) electrons. The molecule has 8 nitrogen and oxygen atoms in total. The predicted octanol–water partition coefficient (Wildman–Crippen LogP) is 4.08. The first-order valence-electron chi connectivity index (χ1n) is 10.6. The summed E-state index contributed by atoms with van der Waals surface area (Å²) in [5.41, 5.74) is 3.89. The molecule has 2 heterocycles. The minimum Gasteiger partial charge on any atom is -0.486 e. The maximum Gasteiger partial charge on any atom is 0.341 e. The number of rotatable bonds is 8. The molecule has 0 aliphatic heterocycles. The first-order valence-corrected chi connectivity index (χ1v) is 12.4. The van der Waals surface area contributed by atoms with Crippen molar-refractivity contribution in [3.8, 4) is 5.75 Å². The number of nitrogens with zero attached hydrogens (tertiary/aromatic N) is 3. The van der Waals surface area contributed by atoms with Gasteiger partial charge < -0.3 is 19.4 Å². The van der Waals surface area contributed by atoms with Crippen LogP contribution >= 0.6 is 23.1 Å². The maximum absolute atomic E-state index is 12.6. The van der Waals surface area contributed by atoms with Crippen molar-refractivity contribution in [2.24, 2.45) is 7.05 Å². The summed E-state index contributed by atoms with van der Waals surface area (Å²) in [5.74, 6) is 0.977. The molecule has 0 unspecified atom stereocenters. The number of aromatic nitrogens is 3. The van der Waals surface area contributed by atoms with Crippen LogP contribution in [-0.2, 0) is 36.0 Å². The summed E-state index contributed by atoms with van der Waals surface area (Å²) in [6, 6.07) is 5.95. The van der Waals surface area contributed by atoms with Gasteiger partial charge >= 0.3 is 5.97 Å². The average Bonchev–Trinajstić information content (AvgIpc) is 3.47. The van der Waals surface area contributed by atoms with Crippen LogP contribution in [0.3, 0.4) is 0 Å². The predicted molar refractivity (Wildman–Crippen MR) is 128 cm³/mol. The Hall–Kier alpha value is -2.85. The van der Waals surface area contributed by atoms with Crippen LogP contribution in [-0.4, -0.2) is 39.5 Å². The van der Waals surface area contributed by atoms with Gasteiger partial charge in [-0.2, -0.15) is 0 Å². The van der Waals surface area contributed by atoms with Crippen molar-refractivity contribution in [2.45, 2.75) is 44.9 Å². The Morgan fingerprint density at radius 3 is 2.79 bits per heavy atom. The van der Waals surface area contributed by atoms with Crippen LogP contribution in [0.5, 0.6) is 5.75 Å². The number of thioether (sulfide) groups is 1. The first kappa shape index (κ1) is 23.3. The minimum atomic E-state index is -0.404. The number of nitrogens with one attached hydrogen (secondary N) is 1. The van der Waals surface area contributed by atoms with E-state index in [0.29, 0.717) is 21.5 Å². The number of hydrogen-bond donors (Lipinski definition) is 1. The summed E-state index contributed by atoms with van der Waals surface area (Å²) in [6.07, 6.45) is 2.80. The number of carbonyl (C=O) groups is 2. The van der Waals surface area contributed by atoms with E-state index in [1.165, 1.54) is 41.3 Å². The third-order valence-corrected chi connectivity index (χ3v) is 7.89. The molecule has 1 aliphatic carbocycles. The van der Waals surface area contributed by atoms with Gasteiger partial charge in [0.15, 0.2) is 11.0 Å². The van der Waals surface area contributed by atoms with Crippen LogP contribution < -0.4 is 10.1 Å². The summed E-state index contributed by atoms with van der Waals surface area (Å²) < 4.78 is 12.6.